The van der Waals surface area contributed by atoms with Gasteiger partial charge in [-0.25, -0.2) is 16.8 Å². The molecule has 0 saturated carbocycles. The molecule has 0 aromatic carbocycles. The van der Waals surface area contributed by atoms with Gasteiger partial charge in [0.05, 0.1) is 0 Å². The first kappa shape index (κ1) is 11.2. The molecule has 68 valence electrons. The van der Waals surface area contributed by atoms with Gasteiger partial charge >= 0.3 is 0 Å². The van der Waals surface area contributed by atoms with Crippen LogP contribution in [0.25, 0.3) is 0 Å². The molecule has 0 fully saturated rings. The average Bonchev–Trinajstić information content (AvgIpc) is 1.86. The summed E-state index contributed by atoms with van der Waals surface area (Å²) in [4.78, 5) is 0. The van der Waals surface area contributed by atoms with Gasteiger partial charge in [0.1, 0.15) is 15.4 Å². The van der Waals surface area contributed by atoms with Crippen LogP contribution in [0.2, 0.25) is 0 Å². The lowest BCUT2D eigenvalue weighted by Crippen LogP contribution is -2.01. The average molecular weight is 221 g/mol. The molecule has 1 atom stereocenters. The number of rotatable bonds is 5. The Morgan fingerprint density at radius 2 is 1.73 bits per heavy atom. The van der Waals surface area contributed by atoms with Gasteiger partial charge in [0.15, 0.2) is 10.7 Å². The van der Waals surface area contributed by atoms with Crippen LogP contribution in [0.1, 0.15) is 12.8 Å². The second-order valence-electron chi connectivity index (χ2n) is 1.92. The molecule has 0 aliphatic carbocycles. The van der Waals surface area contributed by atoms with Crippen molar-refractivity contribution < 1.29 is 16.8 Å². The van der Waals surface area contributed by atoms with Gasteiger partial charge in [0.25, 0.3) is 0 Å². The standard InChI is InChI=1S/C4H9ClO4S2/c5-4(11(8)9)2-1-3-10(6)7/h4,10-11H,1-3H2. The van der Waals surface area contributed by atoms with Crippen LogP contribution in [0.5, 0.6) is 0 Å². The minimum absolute atomic E-state index is 0.00171. The summed E-state index contributed by atoms with van der Waals surface area (Å²) in [5.41, 5.74) is 0. The molecule has 0 rings (SSSR count). The zero-order chi connectivity index (χ0) is 8.85. The SMILES string of the molecule is O=[SH](=O)CCCC(Cl)[SH](=O)=O. The predicted octanol–water partition coefficient (Wildman–Crippen LogP) is -0.446. The van der Waals surface area contributed by atoms with Gasteiger partial charge in [-0.15, -0.1) is 11.6 Å². The molecule has 0 heterocycles. The fourth-order valence-electron chi connectivity index (χ4n) is 0.494. The van der Waals surface area contributed by atoms with Crippen LogP contribution in [0.15, 0.2) is 0 Å². The van der Waals surface area contributed by atoms with E-state index in [1.807, 2.05) is 0 Å². The smallest absolute Gasteiger partial charge is 0.156 e. The number of hydrogen-bond donors (Lipinski definition) is 2. The van der Waals surface area contributed by atoms with Crippen molar-refractivity contribution in [1.82, 2.24) is 0 Å². The molecule has 0 aromatic heterocycles. The molecule has 0 aliphatic heterocycles. The van der Waals surface area contributed by atoms with Gasteiger partial charge in [-0.05, 0) is 12.8 Å². The fourth-order valence-corrected chi connectivity index (χ4v) is 1.48. The maximum atomic E-state index is 10.1. The summed E-state index contributed by atoms with van der Waals surface area (Å²) < 4.78 is 39.3. The second kappa shape index (κ2) is 5.79. The van der Waals surface area contributed by atoms with E-state index in [-0.39, 0.29) is 12.2 Å². The molecule has 0 amide bonds. The molecule has 4 nitrogen and oxygen atoms in total. The second-order valence-corrected chi connectivity index (χ2v) is 5.06. The van der Waals surface area contributed by atoms with Crippen molar-refractivity contribution in [2.75, 3.05) is 5.75 Å². The van der Waals surface area contributed by atoms with E-state index >= 15 is 0 Å². The third-order valence-corrected chi connectivity index (χ3v) is 3.11. The van der Waals surface area contributed by atoms with Gasteiger partial charge in [-0.2, -0.15) is 0 Å². The van der Waals surface area contributed by atoms with E-state index in [0.717, 1.165) is 0 Å². The summed E-state index contributed by atoms with van der Waals surface area (Å²) in [6.45, 7) is 0. The number of halogens is 1. The lowest BCUT2D eigenvalue weighted by Gasteiger charge is -1.96. The van der Waals surface area contributed by atoms with Crippen LogP contribution in [-0.4, -0.2) is 27.3 Å². The van der Waals surface area contributed by atoms with E-state index < -0.39 is 26.1 Å². The molecule has 0 radical (unpaired) electrons. The third kappa shape index (κ3) is 6.58. The van der Waals surface area contributed by atoms with Crippen LogP contribution < -0.4 is 0 Å². The van der Waals surface area contributed by atoms with Gasteiger partial charge in [0.2, 0.25) is 0 Å². The fraction of sp³-hybridized carbons (Fsp3) is 1.00. The Bertz CT molecular complexity index is 228. The van der Waals surface area contributed by atoms with Crippen LogP contribution in [0.3, 0.4) is 0 Å². The predicted molar refractivity (Wildman–Crippen MR) is 44.4 cm³/mol. The number of alkyl halides is 1. The van der Waals surface area contributed by atoms with Gasteiger partial charge in [0, 0.05) is 5.75 Å². The quantitative estimate of drug-likeness (QED) is 0.487. The van der Waals surface area contributed by atoms with Gasteiger partial charge in [-0.3, -0.25) is 0 Å². The van der Waals surface area contributed by atoms with E-state index in [1.54, 1.807) is 0 Å². The molecular weight excluding hydrogens is 212 g/mol. The maximum Gasteiger partial charge on any atom is 0.156 e. The summed E-state index contributed by atoms with van der Waals surface area (Å²) in [6, 6.07) is 0. The van der Waals surface area contributed by atoms with Crippen LogP contribution >= 0.6 is 11.6 Å². The molecule has 11 heavy (non-hydrogen) atoms. The molecule has 0 aromatic rings. The maximum absolute atomic E-state index is 10.1. The molecule has 0 aliphatic rings. The first-order valence-electron chi connectivity index (χ1n) is 2.93. The molecule has 0 spiro atoms. The number of thiol groups is 2. The van der Waals surface area contributed by atoms with Crippen molar-refractivity contribution in [1.29, 1.82) is 0 Å². The van der Waals surface area contributed by atoms with Crippen molar-refractivity contribution in [2.45, 2.75) is 17.6 Å². The monoisotopic (exact) mass is 220 g/mol. The highest BCUT2D eigenvalue weighted by atomic mass is 35.5. The van der Waals surface area contributed by atoms with E-state index in [2.05, 4.69) is 0 Å². The summed E-state index contributed by atoms with van der Waals surface area (Å²) in [6.07, 6.45) is 0.500. The molecular formula is C4H9ClO4S2. The Morgan fingerprint density at radius 3 is 2.09 bits per heavy atom. The Balaban J connectivity index is 3.55. The first-order valence-corrected chi connectivity index (χ1v) is 5.98. The van der Waals surface area contributed by atoms with Gasteiger partial charge < -0.3 is 0 Å². The van der Waals surface area contributed by atoms with Crippen molar-refractivity contribution in [2.24, 2.45) is 0 Å². The molecule has 0 bridgehead atoms. The van der Waals surface area contributed by atoms with Crippen LogP contribution in [0, 0.1) is 0 Å². The van der Waals surface area contributed by atoms with Crippen molar-refractivity contribution >= 4 is 33.0 Å². The normalized spacial score (nSPS) is 14.1. The molecule has 0 N–H and O–H groups in total. The Labute approximate surface area is 73.5 Å². The Kier molecular flexibility index (Phi) is 5.89. The summed E-state index contributed by atoms with van der Waals surface area (Å²) >= 11 is 5.31. The van der Waals surface area contributed by atoms with Crippen molar-refractivity contribution in [3.63, 3.8) is 0 Å². The van der Waals surface area contributed by atoms with E-state index in [1.165, 1.54) is 0 Å². The van der Waals surface area contributed by atoms with Crippen molar-refractivity contribution in [3.8, 4) is 0 Å². The zero-order valence-electron chi connectivity index (χ0n) is 5.60. The summed E-state index contributed by atoms with van der Waals surface area (Å²) in [5.74, 6) is 0.00171. The van der Waals surface area contributed by atoms with Gasteiger partial charge in [-0.1, -0.05) is 0 Å². The van der Waals surface area contributed by atoms with Crippen LogP contribution in [-0.2, 0) is 21.4 Å². The summed E-state index contributed by atoms with van der Waals surface area (Å²) in [5, 5.41) is 0. The van der Waals surface area contributed by atoms with E-state index in [0.29, 0.717) is 6.42 Å². The number of hydrogen-bond acceptors (Lipinski definition) is 4. The molecule has 1 unspecified atom stereocenters. The first-order chi connectivity index (χ1) is 5.04. The topological polar surface area (TPSA) is 68.3 Å². The molecule has 0 saturated heterocycles. The Morgan fingerprint density at radius 1 is 1.18 bits per heavy atom. The van der Waals surface area contributed by atoms with Crippen LogP contribution in [0.4, 0.5) is 0 Å². The largest absolute Gasteiger partial charge is 0.232 e. The zero-order valence-corrected chi connectivity index (χ0v) is 8.15. The highest BCUT2D eigenvalue weighted by molar-refractivity contribution is 7.74. The highest BCUT2D eigenvalue weighted by Crippen LogP contribution is 2.05. The summed E-state index contributed by atoms with van der Waals surface area (Å²) in [7, 11) is -5.03. The lowest BCUT2D eigenvalue weighted by molar-refractivity contribution is 0.601. The minimum Gasteiger partial charge on any atom is -0.232 e. The van der Waals surface area contributed by atoms with E-state index in [4.69, 9.17) is 11.6 Å². The van der Waals surface area contributed by atoms with Crippen molar-refractivity contribution in [3.05, 3.63) is 0 Å². The molecule has 7 heteroatoms. The Hall–Kier alpha value is 0.190. The van der Waals surface area contributed by atoms with E-state index in [9.17, 15) is 16.8 Å². The highest BCUT2D eigenvalue weighted by Gasteiger charge is 2.05. The lowest BCUT2D eigenvalue weighted by atomic mass is 10.4. The third-order valence-electron chi connectivity index (χ3n) is 1.01. The minimum atomic E-state index is -2.62.